The van der Waals surface area contributed by atoms with E-state index in [1.807, 2.05) is 0 Å². The fourth-order valence-corrected chi connectivity index (χ4v) is 4.65. The van der Waals surface area contributed by atoms with Crippen LogP contribution in [0.15, 0.2) is 42.5 Å². The Morgan fingerprint density at radius 2 is 1.81 bits per heavy atom. The van der Waals surface area contributed by atoms with Crippen LogP contribution in [-0.4, -0.2) is 28.8 Å². The van der Waals surface area contributed by atoms with Gasteiger partial charge in [0.25, 0.3) is 0 Å². The number of anilines is 1. The molecule has 1 amide bonds. The first-order valence-electron chi connectivity index (χ1n) is 9.16. The van der Waals surface area contributed by atoms with E-state index in [1.165, 1.54) is 29.2 Å². The molecule has 0 bridgehead atoms. The maximum Gasteiger partial charge on any atom is 0.238 e. The molecule has 1 aliphatic heterocycles. The summed E-state index contributed by atoms with van der Waals surface area (Å²) in [5, 5.41) is 20.1. The number of para-hydroxylation sites is 1. The van der Waals surface area contributed by atoms with Crippen molar-refractivity contribution in [1.29, 1.82) is 0 Å². The van der Waals surface area contributed by atoms with Crippen LogP contribution >= 0.6 is 0 Å². The highest BCUT2D eigenvalue weighted by Crippen LogP contribution is 2.54. The summed E-state index contributed by atoms with van der Waals surface area (Å²) in [6, 6.07) is 9.05. The second kappa shape index (κ2) is 6.69. The summed E-state index contributed by atoms with van der Waals surface area (Å²) in [7, 11) is 0. The van der Waals surface area contributed by atoms with Crippen LogP contribution in [0.2, 0.25) is 0 Å². The zero-order valence-electron chi connectivity index (χ0n) is 14.7. The fourth-order valence-electron chi connectivity index (χ4n) is 4.65. The molecule has 0 saturated heterocycles. The van der Waals surface area contributed by atoms with Crippen molar-refractivity contribution >= 4 is 11.6 Å². The molecule has 6 heteroatoms. The van der Waals surface area contributed by atoms with Crippen LogP contribution in [0.3, 0.4) is 0 Å². The minimum Gasteiger partial charge on any atom is -0.394 e. The van der Waals surface area contributed by atoms with E-state index < -0.39 is 35.8 Å². The highest BCUT2D eigenvalue weighted by atomic mass is 19.1. The summed E-state index contributed by atoms with van der Waals surface area (Å²) < 4.78 is 28.7. The quantitative estimate of drug-likeness (QED) is 0.865. The smallest absolute Gasteiger partial charge is 0.238 e. The van der Waals surface area contributed by atoms with Gasteiger partial charge in [0.05, 0.1) is 23.8 Å². The molecule has 27 heavy (non-hydrogen) atoms. The first-order chi connectivity index (χ1) is 13.0. The molecule has 4 nitrogen and oxygen atoms in total. The number of fused-ring (bicyclic) bond motifs is 2. The lowest BCUT2D eigenvalue weighted by atomic mass is 9.80. The van der Waals surface area contributed by atoms with Crippen molar-refractivity contribution in [3.05, 3.63) is 65.2 Å². The van der Waals surface area contributed by atoms with Gasteiger partial charge in [-0.25, -0.2) is 8.78 Å². The van der Waals surface area contributed by atoms with E-state index in [9.17, 15) is 23.8 Å². The third kappa shape index (κ3) is 2.66. The van der Waals surface area contributed by atoms with Crippen LogP contribution in [0, 0.1) is 11.6 Å². The molecule has 2 aromatic rings. The summed E-state index contributed by atoms with van der Waals surface area (Å²) in [6.07, 6.45) is 1.58. The van der Waals surface area contributed by atoms with E-state index in [0.717, 1.165) is 12.8 Å². The molecule has 0 radical (unpaired) electrons. The molecular formula is C21H21F2NO3. The van der Waals surface area contributed by atoms with Crippen molar-refractivity contribution in [2.75, 3.05) is 11.5 Å². The molecule has 1 spiro atoms. The Labute approximate surface area is 156 Å². The van der Waals surface area contributed by atoms with Gasteiger partial charge < -0.3 is 10.2 Å². The van der Waals surface area contributed by atoms with Crippen LogP contribution in [0.4, 0.5) is 14.5 Å². The van der Waals surface area contributed by atoms with Crippen LogP contribution in [0.1, 0.15) is 42.9 Å². The number of aliphatic hydroxyl groups is 2. The Balaban J connectivity index is 1.92. The molecule has 2 aliphatic rings. The molecule has 1 saturated carbocycles. The number of halogens is 2. The zero-order chi connectivity index (χ0) is 19.2. The van der Waals surface area contributed by atoms with E-state index in [4.69, 9.17) is 0 Å². The molecule has 1 heterocycles. The number of hydrogen-bond donors (Lipinski definition) is 2. The highest BCUT2D eigenvalue weighted by molar-refractivity contribution is 6.09. The Morgan fingerprint density at radius 3 is 2.48 bits per heavy atom. The zero-order valence-corrected chi connectivity index (χ0v) is 14.7. The highest BCUT2D eigenvalue weighted by Gasteiger charge is 2.55. The van der Waals surface area contributed by atoms with Crippen LogP contribution in [-0.2, 0) is 10.2 Å². The summed E-state index contributed by atoms with van der Waals surface area (Å²) in [6.45, 7) is -0.637. The lowest BCUT2D eigenvalue weighted by molar-refractivity contribution is -0.124. The molecule has 0 aromatic heterocycles. The average Bonchev–Trinajstić information content (AvgIpc) is 3.24. The molecule has 4 rings (SSSR count). The standard InChI is InChI=1S/C21H21F2NO3/c22-14-6-3-5-13(11-14)18(17(26)12-25)24-19-15(7-4-8-16(19)23)21(20(24)27)9-1-2-10-21/h3-8,11,17-18,25-26H,1-2,9-10,12H2. The molecule has 2 aromatic carbocycles. The SMILES string of the molecule is O=C1N(C(c2cccc(F)c2)C(O)CO)c2c(F)cccc2C12CCCC2. The number of aliphatic hydroxyl groups excluding tert-OH is 2. The van der Waals surface area contributed by atoms with E-state index >= 15 is 0 Å². The van der Waals surface area contributed by atoms with Gasteiger partial charge in [0, 0.05) is 0 Å². The van der Waals surface area contributed by atoms with Gasteiger partial charge in [0.15, 0.2) is 0 Å². The Kier molecular flexibility index (Phi) is 4.48. The lowest BCUT2D eigenvalue weighted by Gasteiger charge is -2.33. The van der Waals surface area contributed by atoms with Gasteiger partial charge in [0.2, 0.25) is 5.91 Å². The van der Waals surface area contributed by atoms with Crippen molar-refractivity contribution in [3.8, 4) is 0 Å². The molecule has 2 N–H and O–H groups in total. The predicted molar refractivity (Wildman–Crippen MR) is 96.3 cm³/mol. The van der Waals surface area contributed by atoms with Crippen molar-refractivity contribution in [2.45, 2.75) is 43.2 Å². The second-order valence-corrected chi connectivity index (χ2v) is 7.35. The Bertz CT molecular complexity index is 879. The van der Waals surface area contributed by atoms with Crippen LogP contribution < -0.4 is 4.90 Å². The van der Waals surface area contributed by atoms with E-state index in [1.54, 1.807) is 18.2 Å². The van der Waals surface area contributed by atoms with Gasteiger partial charge in [-0.2, -0.15) is 0 Å². The topological polar surface area (TPSA) is 60.8 Å². The van der Waals surface area contributed by atoms with Crippen molar-refractivity contribution in [1.82, 2.24) is 0 Å². The van der Waals surface area contributed by atoms with Gasteiger partial charge in [-0.1, -0.05) is 37.1 Å². The first kappa shape index (κ1) is 18.1. The van der Waals surface area contributed by atoms with Crippen LogP contribution in [0.25, 0.3) is 0 Å². The van der Waals surface area contributed by atoms with Gasteiger partial charge in [-0.05, 0) is 42.2 Å². The summed E-state index contributed by atoms with van der Waals surface area (Å²) in [4.78, 5) is 14.8. The number of rotatable bonds is 4. The minimum atomic E-state index is -1.38. The molecule has 1 fully saturated rings. The van der Waals surface area contributed by atoms with E-state index in [2.05, 4.69) is 0 Å². The Hall–Kier alpha value is -2.31. The Morgan fingerprint density at radius 1 is 1.11 bits per heavy atom. The predicted octanol–water partition coefficient (Wildman–Crippen LogP) is 3.22. The monoisotopic (exact) mass is 373 g/mol. The van der Waals surface area contributed by atoms with E-state index in [-0.39, 0.29) is 11.6 Å². The molecule has 1 aliphatic carbocycles. The third-order valence-corrected chi connectivity index (χ3v) is 5.85. The summed E-state index contributed by atoms with van der Waals surface area (Å²) in [5.74, 6) is -1.38. The third-order valence-electron chi connectivity index (χ3n) is 5.85. The maximum absolute atomic E-state index is 14.9. The second-order valence-electron chi connectivity index (χ2n) is 7.35. The van der Waals surface area contributed by atoms with Crippen molar-refractivity contribution in [3.63, 3.8) is 0 Å². The number of hydrogen-bond acceptors (Lipinski definition) is 3. The number of nitrogens with zero attached hydrogens (tertiary/aromatic N) is 1. The largest absolute Gasteiger partial charge is 0.394 e. The molecule has 142 valence electrons. The number of carbonyl (C=O) groups is 1. The average molecular weight is 373 g/mol. The van der Waals surface area contributed by atoms with Crippen molar-refractivity contribution in [2.24, 2.45) is 0 Å². The number of benzene rings is 2. The number of carbonyl (C=O) groups excluding carboxylic acids is 1. The number of amides is 1. The summed E-state index contributed by atoms with van der Waals surface area (Å²) in [5.41, 5.74) is 0.259. The minimum absolute atomic E-state index is 0.131. The fraction of sp³-hybridized carbons (Fsp3) is 0.381. The van der Waals surface area contributed by atoms with E-state index in [0.29, 0.717) is 24.0 Å². The molecule has 2 atom stereocenters. The van der Waals surface area contributed by atoms with Gasteiger partial charge >= 0.3 is 0 Å². The normalized spacial score (nSPS) is 20.1. The first-order valence-corrected chi connectivity index (χ1v) is 9.16. The van der Waals surface area contributed by atoms with Gasteiger partial charge in [-0.15, -0.1) is 0 Å². The van der Waals surface area contributed by atoms with Gasteiger partial charge in [-0.3, -0.25) is 9.69 Å². The summed E-state index contributed by atoms with van der Waals surface area (Å²) >= 11 is 0. The van der Waals surface area contributed by atoms with Crippen LogP contribution in [0.5, 0.6) is 0 Å². The molecule has 2 unspecified atom stereocenters. The van der Waals surface area contributed by atoms with Gasteiger partial charge in [0.1, 0.15) is 17.7 Å². The maximum atomic E-state index is 14.9. The lowest BCUT2D eigenvalue weighted by Crippen LogP contribution is -2.45. The van der Waals surface area contributed by atoms with Crippen molar-refractivity contribution < 1.29 is 23.8 Å². The molecular weight excluding hydrogens is 352 g/mol.